The molecule has 5 nitrogen and oxygen atoms in total. The molecule has 1 aromatic heterocycles. The van der Waals surface area contributed by atoms with Gasteiger partial charge in [-0.3, -0.25) is 4.79 Å². The lowest BCUT2D eigenvalue weighted by molar-refractivity contribution is 0.0883. The van der Waals surface area contributed by atoms with Crippen molar-refractivity contribution < 1.29 is 4.79 Å². The molecule has 1 fully saturated rings. The van der Waals surface area contributed by atoms with E-state index >= 15 is 0 Å². The summed E-state index contributed by atoms with van der Waals surface area (Å²) < 4.78 is 0. The highest BCUT2D eigenvalue weighted by molar-refractivity contribution is 6.33. The lowest BCUT2D eigenvalue weighted by Gasteiger charge is -2.35. The molecule has 2 heterocycles. The molecule has 0 bridgehead atoms. The van der Waals surface area contributed by atoms with Crippen LogP contribution in [0, 0.1) is 5.92 Å². The third-order valence-corrected chi connectivity index (χ3v) is 4.16. The highest BCUT2D eigenvalue weighted by Gasteiger charge is 2.26. The van der Waals surface area contributed by atoms with Gasteiger partial charge in [0.15, 0.2) is 0 Å². The first kappa shape index (κ1) is 16.0. The predicted molar refractivity (Wildman–Crippen MR) is 85.9 cm³/mol. The summed E-state index contributed by atoms with van der Waals surface area (Å²) in [6, 6.07) is 1.88. The van der Waals surface area contributed by atoms with E-state index in [1.165, 1.54) is 0 Å². The Kier molecular flexibility index (Phi) is 5.42. The van der Waals surface area contributed by atoms with Crippen LogP contribution in [0.4, 0.5) is 5.82 Å². The molecular weight excluding hydrogens is 288 g/mol. The quantitative estimate of drug-likeness (QED) is 0.895. The van der Waals surface area contributed by atoms with Crippen LogP contribution < -0.4 is 10.6 Å². The van der Waals surface area contributed by atoms with E-state index < -0.39 is 0 Å². The number of pyridine rings is 1. The summed E-state index contributed by atoms with van der Waals surface area (Å²) in [6.45, 7) is 6.89. The SMILES string of the molecule is CCNc1ncc(C(=O)NC2CCN(C)CC2C)cc1Cl. The van der Waals surface area contributed by atoms with Crippen molar-refractivity contribution in [2.45, 2.75) is 26.3 Å². The van der Waals surface area contributed by atoms with Crippen molar-refractivity contribution in [3.05, 3.63) is 22.8 Å². The molecule has 2 unspecified atom stereocenters. The van der Waals surface area contributed by atoms with Gasteiger partial charge >= 0.3 is 0 Å². The van der Waals surface area contributed by atoms with E-state index in [0.29, 0.717) is 22.3 Å². The van der Waals surface area contributed by atoms with E-state index in [4.69, 9.17) is 11.6 Å². The number of rotatable bonds is 4. The second kappa shape index (κ2) is 7.09. The van der Waals surface area contributed by atoms with Gasteiger partial charge in [-0.15, -0.1) is 0 Å². The molecule has 21 heavy (non-hydrogen) atoms. The number of hydrogen-bond acceptors (Lipinski definition) is 4. The Morgan fingerprint density at radius 1 is 1.57 bits per heavy atom. The van der Waals surface area contributed by atoms with Crippen LogP contribution >= 0.6 is 11.6 Å². The van der Waals surface area contributed by atoms with E-state index in [1.807, 2.05) is 6.92 Å². The molecule has 6 heteroatoms. The third kappa shape index (κ3) is 4.08. The highest BCUT2D eigenvalue weighted by Crippen LogP contribution is 2.21. The van der Waals surface area contributed by atoms with Gasteiger partial charge in [-0.2, -0.15) is 0 Å². The highest BCUT2D eigenvalue weighted by atomic mass is 35.5. The number of aromatic nitrogens is 1. The first-order chi connectivity index (χ1) is 10.0. The first-order valence-electron chi connectivity index (χ1n) is 7.40. The molecule has 1 saturated heterocycles. The van der Waals surface area contributed by atoms with Gasteiger partial charge in [0.1, 0.15) is 5.82 Å². The van der Waals surface area contributed by atoms with Gasteiger partial charge in [-0.25, -0.2) is 4.98 Å². The summed E-state index contributed by atoms with van der Waals surface area (Å²) in [4.78, 5) is 18.8. The summed E-state index contributed by atoms with van der Waals surface area (Å²) in [5.74, 6) is 0.953. The van der Waals surface area contributed by atoms with Crippen LogP contribution in [0.2, 0.25) is 5.02 Å². The Morgan fingerprint density at radius 2 is 2.33 bits per heavy atom. The van der Waals surface area contributed by atoms with E-state index in [1.54, 1.807) is 12.3 Å². The van der Waals surface area contributed by atoms with Gasteiger partial charge in [-0.1, -0.05) is 18.5 Å². The van der Waals surface area contributed by atoms with E-state index in [9.17, 15) is 4.79 Å². The van der Waals surface area contributed by atoms with Crippen LogP contribution in [0.15, 0.2) is 12.3 Å². The minimum Gasteiger partial charge on any atom is -0.369 e. The predicted octanol–water partition coefficient (Wildman–Crippen LogP) is 2.24. The fraction of sp³-hybridized carbons (Fsp3) is 0.600. The molecule has 0 spiro atoms. The molecule has 0 saturated carbocycles. The molecule has 0 aromatic carbocycles. The molecule has 2 N–H and O–H groups in total. The van der Waals surface area contributed by atoms with Crippen molar-refractivity contribution in [3.8, 4) is 0 Å². The maximum absolute atomic E-state index is 12.3. The molecule has 0 aliphatic carbocycles. The van der Waals surface area contributed by atoms with Gasteiger partial charge in [-0.05, 0) is 38.9 Å². The van der Waals surface area contributed by atoms with Crippen molar-refractivity contribution in [3.63, 3.8) is 0 Å². The van der Waals surface area contributed by atoms with Crippen molar-refractivity contribution in [2.24, 2.45) is 5.92 Å². The van der Waals surface area contributed by atoms with Crippen LogP contribution in [-0.2, 0) is 0 Å². The standard InChI is InChI=1S/C15H23ClN4O/c1-4-17-14-12(16)7-11(8-18-14)15(21)19-13-5-6-20(3)9-10(13)2/h7-8,10,13H,4-6,9H2,1-3H3,(H,17,18)(H,19,21). The Labute approximate surface area is 131 Å². The largest absolute Gasteiger partial charge is 0.369 e. The fourth-order valence-corrected chi connectivity index (χ4v) is 2.91. The minimum absolute atomic E-state index is 0.103. The third-order valence-electron chi connectivity index (χ3n) is 3.87. The molecule has 2 rings (SSSR count). The Hall–Kier alpha value is -1.33. The maximum Gasteiger partial charge on any atom is 0.253 e. The zero-order valence-electron chi connectivity index (χ0n) is 12.8. The van der Waals surface area contributed by atoms with Crippen molar-refractivity contribution in [2.75, 3.05) is 32.0 Å². The number of piperidine rings is 1. The number of halogens is 1. The monoisotopic (exact) mass is 310 g/mol. The van der Waals surface area contributed by atoms with Gasteiger partial charge < -0.3 is 15.5 Å². The van der Waals surface area contributed by atoms with Gasteiger partial charge in [0.25, 0.3) is 5.91 Å². The number of hydrogen-bond donors (Lipinski definition) is 2. The van der Waals surface area contributed by atoms with Crippen molar-refractivity contribution >= 4 is 23.3 Å². The van der Waals surface area contributed by atoms with Gasteiger partial charge in [0.05, 0.1) is 10.6 Å². The van der Waals surface area contributed by atoms with Gasteiger partial charge in [0, 0.05) is 25.3 Å². The fourth-order valence-electron chi connectivity index (χ4n) is 2.68. The summed E-state index contributed by atoms with van der Waals surface area (Å²) in [5.41, 5.74) is 0.507. The number of likely N-dealkylation sites (tertiary alicyclic amines) is 1. The molecule has 1 aliphatic rings. The van der Waals surface area contributed by atoms with E-state index in [0.717, 1.165) is 26.1 Å². The number of nitrogens with zero attached hydrogens (tertiary/aromatic N) is 2. The van der Waals surface area contributed by atoms with Crippen molar-refractivity contribution in [1.29, 1.82) is 0 Å². The average molecular weight is 311 g/mol. The van der Waals surface area contributed by atoms with Crippen molar-refractivity contribution in [1.82, 2.24) is 15.2 Å². The average Bonchev–Trinajstić information content (AvgIpc) is 2.44. The molecule has 1 aromatic rings. The van der Waals surface area contributed by atoms with Gasteiger partial charge in [0.2, 0.25) is 0 Å². The number of carbonyl (C=O) groups excluding carboxylic acids is 1. The van der Waals surface area contributed by atoms with Crippen LogP contribution in [0.3, 0.4) is 0 Å². The molecule has 0 radical (unpaired) electrons. The second-order valence-electron chi connectivity index (χ2n) is 5.69. The second-order valence-corrected chi connectivity index (χ2v) is 6.10. The minimum atomic E-state index is -0.103. The first-order valence-corrected chi connectivity index (χ1v) is 7.78. The summed E-state index contributed by atoms with van der Waals surface area (Å²) >= 11 is 6.13. The van der Waals surface area contributed by atoms with E-state index in [2.05, 4.69) is 34.5 Å². The van der Waals surface area contributed by atoms with Crippen LogP contribution in [0.5, 0.6) is 0 Å². The summed E-state index contributed by atoms with van der Waals surface area (Å²) in [7, 11) is 2.11. The number of anilines is 1. The summed E-state index contributed by atoms with van der Waals surface area (Å²) in [6.07, 6.45) is 2.54. The maximum atomic E-state index is 12.3. The summed E-state index contributed by atoms with van der Waals surface area (Å²) in [5, 5.41) is 6.63. The molecule has 2 atom stereocenters. The number of nitrogens with one attached hydrogen (secondary N) is 2. The molecular formula is C15H23ClN4O. The topological polar surface area (TPSA) is 57.3 Å². The van der Waals surface area contributed by atoms with Crippen LogP contribution in [-0.4, -0.2) is 48.5 Å². The lowest BCUT2D eigenvalue weighted by atomic mass is 9.94. The number of amides is 1. The lowest BCUT2D eigenvalue weighted by Crippen LogP contribution is -2.48. The Balaban J connectivity index is 2.01. The Morgan fingerprint density at radius 3 is 2.95 bits per heavy atom. The number of carbonyl (C=O) groups is 1. The molecule has 1 aliphatic heterocycles. The normalized spacial score (nSPS) is 22.9. The van der Waals surface area contributed by atoms with Crippen LogP contribution in [0.1, 0.15) is 30.6 Å². The smallest absolute Gasteiger partial charge is 0.253 e. The molecule has 1 amide bonds. The van der Waals surface area contributed by atoms with E-state index in [-0.39, 0.29) is 11.9 Å². The zero-order chi connectivity index (χ0) is 15.4. The van der Waals surface area contributed by atoms with Crippen LogP contribution in [0.25, 0.3) is 0 Å². The zero-order valence-corrected chi connectivity index (χ0v) is 13.6. The Bertz CT molecular complexity index is 508. The molecule has 116 valence electrons.